The van der Waals surface area contributed by atoms with Gasteiger partial charge in [0.25, 0.3) is 0 Å². The fourth-order valence-corrected chi connectivity index (χ4v) is 24.0. The summed E-state index contributed by atoms with van der Waals surface area (Å²) in [4.78, 5) is 4.90. The smallest absolute Gasteiger partial charge is 0.0719 e. The standard InChI is InChI=1S/C128H90N4/c1-125(2)111-54-20-23-57-115(111)128(119-82-90(66-73-113(119)125)87-34-28-40-96(77-87)129(92-36-7-5-8-37-92)94-69-62-84(63-70-94)88-68-75-123-107(80-88)105-48-16-26-61-122(105)131(123)93-38-9-6-10-39-93)110-53-19-13-49-106(110)124-100(50-31-58-117(124)128)91-35-30-43-99(79-91)130(97-41-27-32-85(76-97)83-64-71-95(72-65-83)132-120-59-24-14-46-103(120)104-47-15-25-60-121(104)132)98-42-29-33-86(78-98)89-67-74-116-118(81-89)126(3,4)112-55-21-22-56-114(112)127(116)108-51-17-11-44-101(108)102-45-12-18-52-109(102)127/h5-82H,1-4H3. The predicted molar refractivity (Wildman–Crippen MR) is 551 cm³/mol. The first-order chi connectivity index (χ1) is 65.0. The predicted octanol–water partition coefficient (Wildman–Crippen LogP) is 33.2. The Balaban J connectivity index is 0.601. The molecule has 2 aromatic heterocycles. The lowest BCUT2D eigenvalue weighted by atomic mass is 9.55. The molecule has 4 nitrogen and oxygen atoms in total. The number of nitrogens with zero attached hydrogens (tertiary/aromatic N) is 4. The number of rotatable bonds is 13. The van der Waals surface area contributed by atoms with Crippen molar-refractivity contribution in [1.29, 1.82) is 0 Å². The number of hydrogen-bond donors (Lipinski definition) is 0. The number of benzene rings is 20. The van der Waals surface area contributed by atoms with E-state index in [1.54, 1.807) is 0 Å². The van der Waals surface area contributed by atoms with E-state index in [9.17, 15) is 0 Å². The van der Waals surface area contributed by atoms with Gasteiger partial charge in [-0.1, -0.05) is 361 Å². The van der Waals surface area contributed by atoms with E-state index >= 15 is 0 Å². The summed E-state index contributed by atoms with van der Waals surface area (Å²) >= 11 is 0. The van der Waals surface area contributed by atoms with Crippen LogP contribution in [0.1, 0.15) is 94.5 Å². The number of aromatic nitrogens is 2. The lowest BCUT2D eigenvalue weighted by Gasteiger charge is -2.47. The highest BCUT2D eigenvalue weighted by molar-refractivity contribution is 6.12. The summed E-state index contributed by atoms with van der Waals surface area (Å²) in [7, 11) is 0. The molecule has 1 unspecified atom stereocenters. The van der Waals surface area contributed by atoms with E-state index in [1.165, 1.54) is 149 Å². The van der Waals surface area contributed by atoms with E-state index in [1.807, 2.05) is 0 Å². The fourth-order valence-electron chi connectivity index (χ4n) is 24.0. The maximum atomic E-state index is 2.57. The quantitative estimate of drug-likeness (QED) is 0.114. The molecule has 132 heavy (non-hydrogen) atoms. The molecule has 0 aliphatic heterocycles. The zero-order chi connectivity index (χ0) is 87.7. The van der Waals surface area contributed by atoms with Gasteiger partial charge in [-0.25, -0.2) is 0 Å². The summed E-state index contributed by atoms with van der Waals surface area (Å²) in [5.74, 6) is 0. The molecular weight excluding hydrogens is 1590 g/mol. The molecule has 20 aromatic carbocycles. The van der Waals surface area contributed by atoms with Gasteiger partial charge in [0.2, 0.25) is 0 Å². The van der Waals surface area contributed by atoms with Crippen molar-refractivity contribution in [3.05, 3.63) is 540 Å². The van der Waals surface area contributed by atoms with Crippen LogP contribution < -0.4 is 9.80 Å². The van der Waals surface area contributed by atoms with E-state index in [2.05, 4.69) is 520 Å². The molecule has 22 aromatic rings. The van der Waals surface area contributed by atoms with Crippen molar-refractivity contribution in [2.24, 2.45) is 0 Å². The molecule has 4 heteroatoms. The van der Waals surface area contributed by atoms with E-state index in [0.29, 0.717) is 0 Å². The van der Waals surface area contributed by atoms with Gasteiger partial charge in [-0.15, -0.1) is 0 Å². The summed E-state index contributed by atoms with van der Waals surface area (Å²) in [6.07, 6.45) is 0. The Morgan fingerprint density at radius 3 is 1.03 bits per heavy atom. The molecule has 1 atom stereocenters. The Bertz CT molecular complexity index is 8370. The van der Waals surface area contributed by atoms with E-state index in [4.69, 9.17) is 0 Å². The molecule has 622 valence electrons. The van der Waals surface area contributed by atoms with Crippen LogP contribution in [0.2, 0.25) is 0 Å². The van der Waals surface area contributed by atoms with Crippen LogP contribution in [0.3, 0.4) is 0 Å². The minimum atomic E-state index is -0.702. The molecule has 4 aliphatic carbocycles. The summed E-state index contributed by atoms with van der Waals surface area (Å²) < 4.78 is 4.79. The topological polar surface area (TPSA) is 16.3 Å². The summed E-state index contributed by atoms with van der Waals surface area (Å²) in [5, 5.41) is 4.97. The van der Waals surface area contributed by atoms with Gasteiger partial charge in [-0.05, 0) is 284 Å². The molecule has 0 saturated carbocycles. The van der Waals surface area contributed by atoms with Crippen molar-refractivity contribution >= 4 is 77.7 Å². The number of hydrogen-bond acceptors (Lipinski definition) is 2. The average molecular weight is 1680 g/mol. The summed E-state index contributed by atoms with van der Waals surface area (Å²) in [5.41, 5.74) is 44.2. The molecule has 26 rings (SSSR count). The maximum Gasteiger partial charge on any atom is 0.0719 e. The van der Waals surface area contributed by atoms with Gasteiger partial charge in [0, 0.05) is 77.9 Å². The van der Waals surface area contributed by atoms with Crippen molar-refractivity contribution in [2.75, 3.05) is 9.80 Å². The molecule has 0 N–H and O–H groups in total. The highest BCUT2D eigenvalue weighted by atomic mass is 15.1. The van der Waals surface area contributed by atoms with Crippen LogP contribution >= 0.6 is 0 Å². The first kappa shape index (κ1) is 76.8. The summed E-state index contributed by atoms with van der Waals surface area (Å²) in [6, 6.07) is 178. The van der Waals surface area contributed by atoms with Crippen molar-refractivity contribution in [3.8, 4) is 89.3 Å². The van der Waals surface area contributed by atoms with Gasteiger partial charge in [-0.3, -0.25) is 0 Å². The van der Waals surface area contributed by atoms with Crippen molar-refractivity contribution in [2.45, 2.75) is 49.4 Å². The largest absolute Gasteiger partial charge is 0.310 e. The zero-order valence-corrected chi connectivity index (χ0v) is 73.8. The third-order valence-corrected chi connectivity index (χ3v) is 29.8. The Hall–Kier alpha value is -16.4. The average Bonchev–Trinajstić information content (AvgIpc) is 1.48. The second-order valence-corrected chi connectivity index (χ2v) is 37.3. The Morgan fingerprint density at radius 2 is 0.477 bits per heavy atom. The minimum Gasteiger partial charge on any atom is -0.310 e. The fraction of sp³-hybridized carbons (Fsp3) is 0.0625. The lowest BCUT2D eigenvalue weighted by molar-refractivity contribution is 0.563. The van der Waals surface area contributed by atoms with E-state index in [-0.39, 0.29) is 10.8 Å². The van der Waals surface area contributed by atoms with Gasteiger partial charge in [-0.2, -0.15) is 0 Å². The second-order valence-electron chi connectivity index (χ2n) is 37.3. The van der Waals surface area contributed by atoms with E-state index in [0.717, 1.165) is 84.4 Å². The number of fused-ring (bicyclic) bond motifs is 24. The van der Waals surface area contributed by atoms with E-state index < -0.39 is 10.8 Å². The third kappa shape index (κ3) is 11.3. The molecule has 2 spiro atoms. The molecule has 0 radical (unpaired) electrons. The Labute approximate surface area is 769 Å². The van der Waals surface area contributed by atoms with Crippen molar-refractivity contribution in [1.82, 2.24) is 9.13 Å². The van der Waals surface area contributed by atoms with Crippen molar-refractivity contribution < 1.29 is 0 Å². The Morgan fingerprint density at radius 1 is 0.167 bits per heavy atom. The lowest BCUT2D eigenvalue weighted by Crippen LogP contribution is -2.40. The normalized spacial score (nSPS) is 14.7. The molecule has 2 heterocycles. The zero-order valence-electron chi connectivity index (χ0n) is 73.8. The minimum absolute atomic E-state index is 0.323. The summed E-state index contributed by atoms with van der Waals surface area (Å²) in [6.45, 7) is 9.74. The number of para-hydroxylation sites is 5. The van der Waals surface area contributed by atoms with Crippen LogP contribution in [0.25, 0.3) is 133 Å². The highest BCUT2D eigenvalue weighted by Crippen LogP contribution is 2.66. The monoisotopic (exact) mass is 1680 g/mol. The van der Waals surface area contributed by atoms with Crippen LogP contribution in [0, 0.1) is 0 Å². The van der Waals surface area contributed by atoms with Crippen molar-refractivity contribution in [3.63, 3.8) is 0 Å². The highest BCUT2D eigenvalue weighted by Gasteiger charge is 2.56. The van der Waals surface area contributed by atoms with Gasteiger partial charge >= 0.3 is 0 Å². The van der Waals surface area contributed by atoms with Gasteiger partial charge in [0.1, 0.15) is 0 Å². The first-order valence-corrected chi connectivity index (χ1v) is 46.3. The number of anilines is 6. The van der Waals surface area contributed by atoms with Crippen LogP contribution in [0.5, 0.6) is 0 Å². The first-order valence-electron chi connectivity index (χ1n) is 46.3. The molecule has 0 saturated heterocycles. The van der Waals surface area contributed by atoms with Crippen LogP contribution in [0.15, 0.2) is 473 Å². The molecule has 0 bridgehead atoms. The molecular formula is C128H90N4. The Kier molecular flexibility index (Phi) is 17.2. The maximum absolute atomic E-state index is 2.57. The van der Waals surface area contributed by atoms with Crippen LogP contribution in [-0.4, -0.2) is 9.13 Å². The molecule has 0 fully saturated rings. The van der Waals surface area contributed by atoms with Gasteiger partial charge in [0.05, 0.1) is 32.9 Å². The second kappa shape index (κ2) is 29.6. The van der Waals surface area contributed by atoms with Crippen LogP contribution in [-0.2, 0) is 21.7 Å². The van der Waals surface area contributed by atoms with Crippen LogP contribution in [0.4, 0.5) is 34.1 Å². The van der Waals surface area contributed by atoms with Gasteiger partial charge in [0.15, 0.2) is 0 Å². The molecule has 0 amide bonds. The molecule has 4 aliphatic rings. The SMILES string of the molecule is CC1(C)c2ccccc2C2(c3ccccc3-c3ccccc32)c2ccc(-c3cccc(N(c4cccc(-c5ccc(-n6c7ccccc7c7ccccc76)cc5)c4)c4cccc(-c5cccc6c5-c5ccccc5C65c6ccccc6C(C)(C)c6ccc(-c7cccc(N(c8ccccc8)c8ccc(-c9ccc%10c(c9)c9ccccc9n%10-c9ccccc9)cc8)c7)cc65)c4)c3)cc21. The van der Waals surface area contributed by atoms with Gasteiger partial charge < -0.3 is 18.9 Å². The third-order valence-electron chi connectivity index (χ3n) is 29.8.